The lowest BCUT2D eigenvalue weighted by Crippen LogP contribution is -2.53. The summed E-state index contributed by atoms with van der Waals surface area (Å²) >= 11 is 0. The number of rotatable bonds is 4. The largest absolute Gasteiger partial charge is 0.472 e. The van der Waals surface area contributed by atoms with Crippen LogP contribution in [0.2, 0.25) is 0 Å². The first kappa shape index (κ1) is 14.3. The first-order valence-electron chi connectivity index (χ1n) is 6.10. The van der Waals surface area contributed by atoms with Crippen molar-refractivity contribution in [1.82, 2.24) is 10.0 Å². The van der Waals surface area contributed by atoms with Crippen molar-refractivity contribution in [3.63, 3.8) is 0 Å². The van der Waals surface area contributed by atoms with E-state index in [-0.39, 0.29) is 6.54 Å². The number of alkyl halides is 3. The van der Waals surface area contributed by atoms with E-state index in [4.69, 9.17) is 0 Å². The van der Waals surface area contributed by atoms with Gasteiger partial charge in [0.1, 0.15) is 0 Å². The molecule has 6 heteroatoms. The van der Waals surface area contributed by atoms with Crippen molar-refractivity contribution in [2.24, 2.45) is 0 Å². The number of piperidine rings is 1. The SMILES string of the molecule is CCCCN(C(=O)C(F)(F)F)N1CCCCC1. The van der Waals surface area contributed by atoms with E-state index in [2.05, 4.69) is 0 Å². The van der Waals surface area contributed by atoms with Crippen LogP contribution in [0.1, 0.15) is 39.0 Å². The molecule has 0 unspecified atom stereocenters. The fourth-order valence-electron chi connectivity index (χ4n) is 1.94. The van der Waals surface area contributed by atoms with Crippen LogP contribution in [0, 0.1) is 0 Å². The number of carbonyl (C=O) groups is 1. The van der Waals surface area contributed by atoms with Crippen LogP contribution >= 0.6 is 0 Å². The Morgan fingerprint density at radius 1 is 1.24 bits per heavy atom. The zero-order valence-corrected chi connectivity index (χ0v) is 10.1. The number of carbonyl (C=O) groups excluding carboxylic acids is 1. The van der Waals surface area contributed by atoms with E-state index in [1.165, 1.54) is 0 Å². The first-order valence-corrected chi connectivity index (χ1v) is 6.10. The van der Waals surface area contributed by atoms with E-state index in [0.717, 1.165) is 30.7 Å². The van der Waals surface area contributed by atoms with Gasteiger partial charge in [-0.15, -0.1) is 0 Å². The molecule has 1 aliphatic heterocycles. The van der Waals surface area contributed by atoms with Crippen LogP contribution in [0.15, 0.2) is 0 Å². The van der Waals surface area contributed by atoms with Gasteiger partial charge in [-0.1, -0.05) is 19.8 Å². The molecule has 1 fully saturated rings. The van der Waals surface area contributed by atoms with E-state index in [1.807, 2.05) is 6.92 Å². The lowest BCUT2D eigenvalue weighted by atomic mass is 10.1. The average molecular weight is 252 g/mol. The van der Waals surface area contributed by atoms with Gasteiger partial charge in [0, 0.05) is 19.6 Å². The van der Waals surface area contributed by atoms with E-state index < -0.39 is 12.1 Å². The Bertz CT molecular complexity index is 250. The summed E-state index contributed by atoms with van der Waals surface area (Å²) < 4.78 is 37.4. The monoisotopic (exact) mass is 252 g/mol. The number of hydrogen-bond acceptors (Lipinski definition) is 2. The Labute approximate surface area is 99.5 Å². The number of unbranched alkanes of at least 4 members (excludes halogenated alkanes) is 1. The Morgan fingerprint density at radius 2 is 1.82 bits per heavy atom. The molecule has 1 aliphatic rings. The van der Waals surface area contributed by atoms with Gasteiger partial charge in [0.15, 0.2) is 0 Å². The lowest BCUT2D eigenvalue weighted by Gasteiger charge is -2.37. The van der Waals surface area contributed by atoms with Gasteiger partial charge in [0.2, 0.25) is 0 Å². The molecule has 0 aromatic heterocycles. The van der Waals surface area contributed by atoms with Crippen LogP contribution in [0.3, 0.4) is 0 Å². The van der Waals surface area contributed by atoms with Crippen LogP contribution in [-0.4, -0.2) is 41.7 Å². The second-order valence-corrected chi connectivity index (χ2v) is 4.29. The second-order valence-electron chi connectivity index (χ2n) is 4.29. The van der Waals surface area contributed by atoms with E-state index in [1.54, 1.807) is 5.01 Å². The van der Waals surface area contributed by atoms with Gasteiger partial charge in [-0.05, 0) is 19.3 Å². The summed E-state index contributed by atoms with van der Waals surface area (Å²) in [6.07, 6.45) is -0.668. The fraction of sp³-hybridized carbons (Fsp3) is 0.909. The number of nitrogens with zero attached hydrogens (tertiary/aromatic N) is 2. The smallest absolute Gasteiger partial charge is 0.267 e. The molecule has 0 aromatic carbocycles. The van der Waals surface area contributed by atoms with Crippen molar-refractivity contribution in [2.75, 3.05) is 19.6 Å². The summed E-state index contributed by atoms with van der Waals surface area (Å²) in [6, 6.07) is 0. The highest BCUT2D eigenvalue weighted by Crippen LogP contribution is 2.22. The normalized spacial score (nSPS) is 18.1. The van der Waals surface area contributed by atoms with E-state index in [9.17, 15) is 18.0 Å². The van der Waals surface area contributed by atoms with Gasteiger partial charge in [0.25, 0.3) is 0 Å². The maximum atomic E-state index is 12.5. The topological polar surface area (TPSA) is 23.6 Å². The third-order valence-corrected chi connectivity index (χ3v) is 2.87. The van der Waals surface area contributed by atoms with Crippen LogP contribution in [-0.2, 0) is 4.79 Å². The lowest BCUT2D eigenvalue weighted by molar-refractivity contribution is -0.203. The molecule has 0 N–H and O–H groups in total. The predicted octanol–water partition coefficient (Wildman–Crippen LogP) is 2.58. The van der Waals surface area contributed by atoms with Gasteiger partial charge < -0.3 is 0 Å². The standard InChI is InChI=1S/C11H19F3N2O/c1-2-3-9-16(10(17)11(12,13)14)15-7-5-4-6-8-15/h2-9H2,1H3. The highest BCUT2D eigenvalue weighted by Gasteiger charge is 2.44. The minimum atomic E-state index is -4.77. The predicted molar refractivity (Wildman–Crippen MR) is 58.1 cm³/mol. The highest BCUT2D eigenvalue weighted by molar-refractivity contribution is 5.81. The van der Waals surface area contributed by atoms with Crippen LogP contribution in [0.25, 0.3) is 0 Å². The second kappa shape index (κ2) is 6.23. The molecule has 0 aromatic rings. The van der Waals surface area contributed by atoms with Crippen LogP contribution in [0.5, 0.6) is 0 Å². The molecular weight excluding hydrogens is 233 g/mol. The summed E-state index contributed by atoms with van der Waals surface area (Å²) in [6.45, 7) is 3.15. The minimum absolute atomic E-state index is 0.162. The fourth-order valence-corrected chi connectivity index (χ4v) is 1.94. The van der Waals surface area contributed by atoms with Crippen molar-refractivity contribution in [1.29, 1.82) is 0 Å². The maximum Gasteiger partial charge on any atom is 0.472 e. The Hall–Kier alpha value is -0.780. The first-order chi connectivity index (χ1) is 7.96. The molecule has 17 heavy (non-hydrogen) atoms. The maximum absolute atomic E-state index is 12.5. The third-order valence-electron chi connectivity index (χ3n) is 2.87. The third kappa shape index (κ3) is 4.18. The Balaban J connectivity index is 2.68. The zero-order valence-electron chi connectivity index (χ0n) is 10.1. The molecule has 0 radical (unpaired) electrons. The minimum Gasteiger partial charge on any atom is -0.267 e. The number of hydrogen-bond donors (Lipinski definition) is 0. The Kier molecular flexibility index (Phi) is 5.24. The number of halogens is 3. The number of amides is 1. The molecule has 1 heterocycles. The van der Waals surface area contributed by atoms with E-state index >= 15 is 0 Å². The van der Waals surface area contributed by atoms with Crippen LogP contribution < -0.4 is 0 Å². The molecule has 3 nitrogen and oxygen atoms in total. The van der Waals surface area contributed by atoms with Gasteiger partial charge in [0.05, 0.1) is 0 Å². The van der Waals surface area contributed by atoms with Gasteiger partial charge in [-0.25, -0.2) is 5.01 Å². The number of hydrazine groups is 1. The summed E-state index contributed by atoms with van der Waals surface area (Å²) in [7, 11) is 0. The van der Waals surface area contributed by atoms with Crippen molar-refractivity contribution >= 4 is 5.91 Å². The molecule has 1 amide bonds. The molecular formula is C11H19F3N2O. The zero-order chi connectivity index (χ0) is 12.9. The van der Waals surface area contributed by atoms with Gasteiger partial charge >= 0.3 is 12.1 Å². The van der Waals surface area contributed by atoms with Crippen molar-refractivity contribution < 1.29 is 18.0 Å². The van der Waals surface area contributed by atoms with Crippen molar-refractivity contribution in [3.8, 4) is 0 Å². The summed E-state index contributed by atoms with van der Waals surface area (Å²) in [5.74, 6) is -1.73. The van der Waals surface area contributed by atoms with E-state index in [0.29, 0.717) is 19.5 Å². The molecule has 100 valence electrons. The summed E-state index contributed by atoms with van der Waals surface area (Å²) in [5, 5.41) is 2.44. The van der Waals surface area contributed by atoms with Crippen molar-refractivity contribution in [3.05, 3.63) is 0 Å². The molecule has 0 saturated carbocycles. The van der Waals surface area contributed by atoms with Crippen molar-refractivity contribution in [2.45, 2.75) is 45.2 Å². The van der Waals surface area contributed by atoms with Gasteiger partial charge in [-0.2, -0.15) is 13.2 Å². The summed E-state index contributed by atoms with van der Waals surface area (Å²) in [4.78, 5) is 11.3. The average Bonchev–Trinajstić information content (AvgIpc) is 2.29. The highest BCUT2D eigenvalue weighted by atomic mass is 19.4. The molecule has 1 saturated heterocycles. The molecule has 0 spiro atoms. The van der Waals surface area contributed by atoms with Gasteiger partial charge in [-0.3, -0.25) is 9.80 Å². The molecule has 0 aliphatic carbocycles. The quantitative estimate of drug-likeness (QED) is 0.767. The Morgan fingerprint density at radius 3 is 2.29 bits per heavy atom. The molecule has 1 rings (SSSR count). The summed E-state index contributed by atoms with van der Waals surface area (Å²) in [5.41, 5.74) is 0. The van der Waals surface area contributed by atoms with Crippen LogP contribution in [0.4, 0.5) is 13.2 Å². The molecule has 0 bridgehead atoms. The molecule has 0 atom stereocenters.